The van der Waals surface area contributed by atoms with Gasteiger partial charge < -0.3 is 5.32 Å². The van der Waals surface area contributed by atoms with Gasteiger partial charge in [-0.1, -0.05) is 33.3 Å². The van der Waals surface area contributed by atoms with Crippen LogP contribution in [0.1, 0.15) is 51.5 Å². The van der Waals surface area contributed by atoms with Gasteiger partial charge in [0, 0.05) is 11.1 Å². The lowest BCUT2D eigenvalue weighted by Crippen LogP contribution is -2.39. The highest BCUT2D eigenvalue weighted by molar-refractivity contribution is 5.95. The molecule has 1 saturated carbocycles. The van der Waals surface area contributed by atoms with Crippen molar-refractivity contribution in [3.63, 3.8) is 0 Å². The van der Waals surface area contributed by atoms with Crippen LogP contribution in [0.2, 0.25) is 0 Å². The van der Waals surface area contributed by atoms with Crippen molar-refractivity contribution in [2.24, 2.45) is 5.41 Å². The predicted molar refractivity (Wildman–Crippen MR) is 71.1 cm³/mol. The predicted octanol–water partition coefficient (Wildman–Crippen LogP) is 4.08. The molecule has 98 valence electrons. The summed E-state index contributed by atoms with van der Waals surface area (Å²) in [6, 6.07) is 4.94. The second-order valence-electron chi connectivity index (χ2n) is 5.76. The Morgan fingerprint density at radius 2 is 2.06 bits per heavy atom. The fraction of sp³-hybridized carbons (Fsp3) is 0.533. The number of amides is 1. The highest BCUT2D eigenvalue weighted by Gasteiger charge is 2.39. The largest absolute Gasteiger partial charge is 0.326 e. The lowest BCUT2D eigenvalue weighted by molar-refractivity contribution is -0.128. The van der Waals surface area contributed by atoms with E-state index in [1.165, 1.54) is 6.07 Å². The topological polar surface area (TPSA) is 29.1 Å². The van der Waals surface area contributed by atoms with E-state index in [0.29, 0.717) is 11.3 Å². The van der Waals surface area contributed by atoms with E-state index in [2.05, 4.69) is 5.32 Å². The Morgan fingerprint density at radius 3 is 2.50 bits per heavy atom. The smallest absolute Gasteiger partial charge is 0.230 e. The molecule has 1 amide bonds. The highest BCUT2D eigenvalue weighted by atomic mass is 19.1. The molecular formula is C15H20FNO. The fourth-order valence-electron chi connectivity index (χ4n) is 2.29. The molecule has 1 aliphatic carbocycles. The zero-order chi connectivity index (χ0) is 13.3. The van der Waals surface area contributed by atoms with Crippen molar-refractivity contribution < 1.29 is 9.18 Å². The molecule has 0 aromatic heterocycles. The maximum atomic E-state index is 13.8. The summed E-state index contributed by atoms with van der Waals surface area (Å²) in [5.41, 5.74) is 0.977. The first-order valence-corrected chi connectivity index (χ1v) is 6.53. The van der Waals surface area contributed by atoms with E-state index in [1.807, 2.05) is 20.8 Å². The summed E-state index contributed by atoms with van der Waals surface area (Å²) in [4.78, 5) is 12.0. The number of benzene rings is 1. The number of carbonyl (C=O) groups is 1. The van der Waals surface area contributed by atoms with Gasteiger partial charge in [0.2, 0.25) is 5.91 Å². The van der Waals surface area contributed by atoms with E-state index >= 15 is 0 Å². The minimum atomic E-state index is -0.257. The molecule has 0 spiro atoms. The molecular weight excluding hydrogens is 229 g/mol. The van der Waals surface area contributed by atoms with Gasteiger partial charge in [0.05, 0.1) is 0 Å². The average molecular weight is 249 g/mol. The van der Waals surface area contributed by atoms with Crippen LogP contribution < -0.4 is 5.32 Å². The molecule has 2 rings (SSSR count). The molecule has 0 bridgehead atoms. The van der Waals surface area contributed by atoms with E-state index in [0.717, 1.165) is 19.3 Å². The third-order valence-corrected chi connectivity index (χ3v) is 3.89. The van der Waals surface area contributed by atoms with Gasteiger partial charge in [-0.15, -0.1) is 0 Å². The van der Waals surface area contributed by atoms with Crippen molar-refractivity contribution in [1.29, 1.82) is 0 Å². The number of hydrogen-bond acceptors (Lipinski definition) is 1. The van der Waals surface area contributed by atoms with Gasteiger partial charge in [0.1, 0.15) is 5.82 Å². The minimum Gasteiger partial charge on any atom is -0.326 e. The van der Waals surface area contributed by atoms with Crippen molar-refractivity contribution in [2.45, 2.75) is 46.0 Å². The van der Waals surface area contributed by atoms with Crippen molar-refractivity contribution in [3.05, 3.63) is 29.6 Å². The van der Waals surface area contributed by atoms with Gasteiger partial charge in [-0.25, -0.2) is 4.39 Å². The van der Waals surface area contributed by atoms with Crippen LogP contribution in [-0.4, -0.2) is 5.91 Å². The van der Waals surface area contributed by atoms with Crippen LogP contribution in [0.4, 0.5) is 10.1 Å². The molecule has 0 unspecified atom stereocenters. The van der Waals surface area contributed by atoms with Crippen molar-refractivity contribution >= 4 is 11.6 Å². The number of rotatable bonds is 3. The molecule has 1 aliphatic rings. The quantitative estimate of drug-likeness (QED) is 0.859. The number of anilines is 1. The molecule has 1 aromatic carbocycles. The van der Waals surface area contributed by atoms with E-state index in [1.54, 1.807) is 12.1 Å². The van der Waals surface area contributed by atoms with E-state index in [4.69, 9.17) is 0 Å². The Bertz CT molecular complexity index is 464. The van der Waals surface area contributed by atoms with Crippen LogP contribution >= 0.6 is 0 Å². The third kappa shape index (κ3) is 2.40. The van der Waals surface area contributed by atoms with Crippen LogP contribution in [0.25, 0.3) is 0 Å². The molecule has 0 atom stereocenters. The van der Waals surface area contributed by atoms with Crippen molar-refractivity contribution in [3.8, 4) is 0 Å². The van der Waals surface area contributed by atoms with Crippen LogP contribution in [0.15, 0.2) is 18.2 Å². The van der Waals surface area contributed by atoms with Crippen LogP contribution in [-0.2, 0) is 4.79 Å². The van der Waals surface area contributed by atoms with Crippen molar-refractivity contribution in [1.82, 2.24) is 0 Å². The molecule has 3 heteroatoms. The molecule has 2 nitrogen and oxygen atoms in total. The molecule has 1 N–H and O–H groups in total. The number of carbonyl (C=O) groups excluding carboxylic acids is 1. The maximum absolute atomic E-state index is 13.8. The average Bonchev–Trinajstić information content (AvgIpc) is 2.25. The van der Waals surface area contributed by atoms with Gasteiger partial charge in [-0.3, -0.25) is 4.79 Å². The summed E-state index contributed by atoms with van der Waals surface area (Å²) < 4.78 is 13.8. The first kappa shape index (κ1) is 13.1. The van der Waals surface area contributed by atoms with Gasteiger partial charge in [0.25, 0.3) is 0 Å². The zero-order valence-electron chi connectivity index (χ0n) is 11.2. The van der Waals surface area contributed by atoms with E-state index in [9.17, 15) is 9.18 Å². The van der Waals surface area contributed by atoms with Crippen LogP contribution in [0.5, 0.6) is 0 Å². The Morgan fingerprint density at radius 1 is 1.39 bits per heavy atom. The summed E-state index contributed by atoms with van der Waals surface area (Å²) in [6.07, 6.45) is 2.95. The summed E-state index contributed by atoms with van der Waals surface area (Å²) in [6.45, 7) is 5.86. The summed E-state index contributed by atoms with van der Waals surface area (Å²) in [5.74, 6) is -0.0917. The minimum absolute atomic E-state index is 0.00504. The standard InChI is InChI=1S/C15H20FNO/c1-10(2)12-6-5-11(9-13(12)16)17-14(18)15(3)7-4-8-15/h5-6,9-10H,4,7-8H2,1-3H3,(H,17,18). The number of halogens is 1. The summed E-state index contributed by atoms with van der Waals surface area (Å²) >= 11 is 0. The number of nitrogens with one attached hydrogen (secondary N) is 1. The lowest BCUT2D eigenvalue weighted by atomic mass is 9.70. The van der Waals surface area contributed by atoms with Crippen molar-refractivity contribution in [2.75, 3.05) is 5.32 Å². The van der Waals surface area contributed by atoms with E-state index < -0.39 is 0 Å². The first-order valence-electron chi connectivity index (χ1n) is 6.53. The van der Waals surface area contributed by atoms with Gasteiger partial charge in [-0.05, 0) is 36.5 Å². The van der Waals surface area contributed by atoms with Crippen LogP contribution in [0, 0.1) is 11.2 Å². The maximum Gasteiger partial charge on any atom is 0.230 e. The third-order valence-electron chi connectivity index (χ3n) is 3.89. The normalized spacial score (nSPS) is 17.4. The molecule has 0 saturated heterocycles. The SMILES string of the molecule is CC(C)c1ccc(NC(=O)C2(C)CCC2)cc1F. The molecule has 0 radical (unpaired) electrons. The monoisotopic (exact) mass is 249 g/mol. The molecule has 1 aromatic rings. The number of hydrogen-bond donors (Lipinski definition) is 1. The van der Waals surface area contributed by atoms with E-state index in [-0.39, 0.29) is 23.1 Å². The Hall–Kier alpha value is -1.38. The molecule has 1 fully saturated rings. The fourth-order valence-corrected chi connectivity index (χ4v) is 2.29. The molecule has 0 aliphatic heterocycles. The zero-order valence-corrected chi connectivity index (χ0v) is 11.2. The van der Waals surface area contributed by atoms with Gasteiger partial charge in [-0.2, -0.15) is 0 Å². The van der Waals surface area contributed by atoms with Gasteiger partial charge in [0.15, 0.2) is 0 Å². The van der Waals surface area contributed by atoms with Gasteiger partial charge >= 0.3 is 0 Å². The lowest BCUT2D eigenvalue weighted by Gasteiger charge is -2.36. The molecule has 18 heavy (non-hydrogen) atoms. The summed E-state index contributed by atoms with van der Waals surface area (Å²) in [7, 11) is 0. The second-order valence-corrected chi connectivity index (χ2v) is 5.76. The Labute approximate surface area is 108 Å². The first-order chi connectivity index (χ1) is 8.42. The second kappa shape index (κ2) is 4.71. The molecule has 0 heterocycles. The Balaban J connectivity index is 2.11. The Kier molecular flexibility index (Phi) is 3.42. The highest BCUT2D eigenvalue weighted by Crippen LogP contribution is 2.41. The summed E-state index contributed by atoms with van der Waals surface area (Å²) in [5, 5.41) is 2.81. The van der Waals surface area contributed by atoms with Crippen LogP contribution in [0.3, 0.4) is 0 Å².